The Morgan fingerprint density at radius 1 is 1.09 bits per heavy atom. The summed E-state index contributed by atoms with van der Waals surface area (Å²) >= 11 is 7.81. The van der Waals surface area contributed by atoms with Crippen LogP contribution in [0, 0.1) is 13.8 Å². The number of amides is 1. The molecule has 0 saturated carbocycles. The molecule has 0 aliphatic carbocycles. The minimum atomic E-state index is -0.288. The number of nitrogens with zero attached hydrogens (tertiary/aromatic N) is 3. The third-order valence-electron chi connectivity index (χ3n) is 5.25. The average molecular weight is 463 g/mol. The molecule has 32 heavy (non-hydrogen) atoms. The van der Waals surface area contributed by atoms with Crippen LogP contribution in [0.25, 0.3) is 26.1 Å². The number of ether oxygens (including phenoxy) is 1. The van der Waals surface area contributed by atoms with Gasteiger partial charge in [-0.25, -0.2) is 4.98 Å². The van der Waals surface area contributed by atoms with Crippen LogP contribution in [0.2, 0.25) is 5.02 Å². The van der Waals surface area contributed by atoms with Crippen molar-refractivity contribution in [2.24, 2.45) is 0 Å². The Hall–Kier alpha value is -3.42. The number of aryl methyl sites for hydroxylation is 2. The zero-order valence-electron chi connectivity index (χ0n) is 17.6. The Balaban J connectivity index is 1.56. The maximum atomic E-state index is 13.2. The Morgan fingerprint density at radius 3 is 2.56 bits per heavy atom. The first kappa shape index (κ1) is 20.5. The lowest BCUT2D eigenvalue weighted by Gasteiger charge is -2.11. The highest BCUT2D eigenvalue weighted by Crippen LogP contribution is 2.34. The molecule has 0 bridgehead atoms. The van der Waals surface area contributed by atoms with Gasteiger partial charge in [0.15, 0.2) is 0 Å². The second-order valence-electron chi connectivity index (χ2n) is 7.47. The number of rotatable bonds is 4. The number of carbonyl (C=O) groups excluding carboxylic acids is 1. The van der Waals surface area contributed by atoms with E-state index in [0.29, 0.717) is 27.3 Å². The predicted octanol–water partition coefficient (Wildman–Crippen LogP) is 6.17. The Morgan fingerprint density at radius 2 is 1.84 bits per heavy atom. The van der Waals surface area contributed by atoms with Gasteiger partial charge in [0.05, 0.1) is 33.6 Å². The van der Waals surface area contributed by atoms with Crippen LogP contribution in [0.15, 0.2) is 54.6 Å². The van der Waals surface area contributed by atoms with Crippen molar-refractivity contribution in [1.82, 2.24) is 14.8 Å². The van der Waals surface area contributed by atoms with E-state index in [1.807, 2.05) is 68.4 Å². The summed E-state index contributed by atoms with van der Waals surface area (Å²) in [6.45, 7) is 3.86. The van der Waals surface area contributed by atoms with Crippen molar-refractivity contribution < 1.29 is 9.53 Å². The Labute approximate surface area is 193 Å². The number of hydrogen-bond donors (Lipinski definition) is 1. The van der Waals surface area contributed by atoms with Gasteiger partial charge in [-0.2, -0.15) is 9.78 Å². The van der Waals surface area contributed by atoms with Gasteiger partial charge in [-0.05, 0) is 48.4 Å². The number of aromatic nitrogens is 3. The molecule has 3 aromatic carbocycles. The van der Waals surface area contributed by atoms with E-state index in [4.69, 9.17) is 21.3 Å². The van der Waals surface area contributed by atoms with Gasteiger partial charge in [0.1, 0.15) is 11.6 Å². The molecular formula is C24H19ClN4O2S. The summed E-state index contributed by atoms with van der Waals surface area (Å²) < 4.78 is 8.02. The van der Waals surface area contributed by atoms with Crippen LogP contribution < -0.4 is 10.1 Å². The minimum Gasteiger partial charge on any atom is -0.496 e. The molecule has 160 valence electrons. The number of carbonyl (C=O) groups is 1. The summed E-state index contributed by atoms with van der Waals surface area (Å²) in [5.41, 5.74) is 3.06. The van der Waals surface area contributed by atoms with E-state index < -0.39 is 0 Å². The molecule has 1 N–H and O–H groups in total. The summed E-state index contributed by atoms with van der Waals surface area (Å²) in [6.07, 6.45) is 0. The van der Waals surface area contributed by atoms with E-state index in [0.717, 1.165) is 32.2 Å². The van der Waals surface area contributed by atoms with Crippen molar-refractivity contribution in [2.75, 3.05) is 12.4 Å². The second kappa shape index (κ2) is 7.93. The summed E-state index contributed by atoms with van der Waals surface area (Å²) in [5, 5.41) is 10.8. The van der Waals surface area contributed by atoms with Crippen molar-refractivity contribution in [2.45, 2.75) is 13.8 Å². The highest BCUT2D eigenvalue weighted by Gasteiger charge is 2.19. The normalized spacial score (nSPS) is 11.2. The van der Waals surface area contributed by atoms with Gasteiger partial charge in [-0.15, -0.1) is 0 Å². The third kappa shape index (κ3) is 3.49. The van der Waals surface area contributed by atoms with E-state index in [1.54, 1.807) is 11.8 Å². The SMILES string of the molecule is COc1cc2ccccc2cc1C(=O)Nc1cc(C)nn1-c1nc2c(C)ccc(Cl)c2s1. The van der Waals surface area contributed by atoms with Crippen molar-refractivity contribution >= 4 is 55.7 Å². The maximum absolute atomic E-state index is 13.2. The second-order valence-corrected chi connectivity index (χ2v) is 8.86. The molecule has 1 amide bonds. The molecule has 2 aromatic heterocycles. The van der Waals surface area contributed by atoms with Gasteiger partial charge in [0, 0.05) is 6.07 Å². The number of halogens is 1. The number of nitrogens with one attached hydrogen (secondary N) is 1. The molecule has 5 rings (SSSR count). The van der Waals surface area contributed by atoms with Gasteiger partial charge in [0.25, 0.3) is 5.91 Å². The number of thiazole rings is 1. The van der Waals surface area contributed by atoms with Gasteiger partial charge in [0.2, 0.25) is 5.13 Å². The van der Waals surface area contributed by atoms with Crippen molar-refractivity contribution in [3.63, 3.8) is 0 Å². The Kier molecular flexibility index (Phi) is 5.07. The van der Waals surface area contributed by atoms with E-state index in [9.17, 15) is 4.79 Å². The van der Waals surface area contributed by atoms with E-state index in [1.165, 1.54) is 11.3 Å². The molecule has 0 radical (unpaired) electrons. The van der Waals surface area contributed by atoms with E-state index in [2.05, 4.69) is 10.4 Å². The molecule has 0 saturated heterocycles. The minimum absolute atomic E-state index is 0.288. The fourth-order valence-electron chi connectivity index (χ4n) is 3.67. The molecule has 0 aliphatic heterocycles. The first-order valence-corrected chi connectivity index (χ1v) is 11.1. The molecule has 6 nitrogen and oxygen atoms in total. The lowest BCUT2D eigenvalue weighted by atomic mass is 10.1. The lowest BCUT2D eigenvalue weighted by Crippen LogP contribution is -2.16. The lowest BCUT2D eigenvalue weighted by molar-refractivity contribution is 0.102. The number of anilines is 1. The van der Waals surface area contributed by atoms with E-state index in [-0.39, 0.29) is 5.91 Å². The van der Waals surface area contributed by atoms with Gasteiger partial charge in [-0.3, -0.25) is 4.79 Å². The zero-order valence-corrected chi connectivity index (χ0v) is 19.2. The number of fused-ring (bicyclic) bond motifs is 2. The smallest absolute Gasteiger partial charge is 0.260 e. The van der Waals surface area contributed by atoms with Crippen LogP contribution in [-0.2, 0) is 0 Å². The van der Waals surface area contributed by atoms with Crippen molar-refractivity contribution in [3.05, 3.63) is 76.4 Å². The first-order valence-electron chi connectivity index (χ1n) is 9.95. The van der Waals surface area contributed by atoms with Gasteiger partial charge in [-0.1, -0.05) is 53.3 Å². The van der Waals surface area contributed by atoms with Crippen LogP contribution in [0.5, 0.6) is 5.75 Å². The zero-order chi connectivity index (χ0) is 22.4. The highest BCUT2D eigenvalue weighted by molar-refractivity contribution is 7.21. The fourth-order valence-corrected chi connectivity index (χ4v) is 4.95. The molecule has 5 aromatic rings. The van der Waals surface area contributed by atoms with Crippen LogP contribution in [0.1, 0.15) is 21.6 Å². The molecular weight excluding hydrogens is 444 g/mol. The summed E-state index contributed by atoms with van der Waals surface area (Å²) in [5.74, 6) is 0.742. The molecule has 8 heteroatoms. The molecule has 0 atom stereocenters. The van der Waals surface area contributed by atoms with Crippen LogP contribution in [-0.4, -0.2) is 27.8 Å². The third-order valence-corrected chi connectivity index (χ3v) is 6.74. The van der Waals surface area contributed by atoms with Gasteiger partial charge < -0.3 is 10.1 Å². The monoisotopic (exact) mass is 462 g/mol. The predicted molar refractivity (Wildman–Crippen MR) is 130 cm³/mol. The largest absolute Gasteiger partial charge is 0.496 e. The van der Waals surface area contributed by atoms with Crippen molar-refractivity contribution in [1.29, 1.82) is 0 Å². The van der Waals surface area contributed by atoms with Crippen LogP contribution in [0.4, 0.5) is 5.82 Å². The molecule has 0 fully saturated rings. The Bertz CT molecular complexity index is 1470. The molecule has 2 heterocycles. The highest BCUT2D eigenvalue weighted by atomic mass is 35.5. The first-order chi connectivity index (χ1) is 15.4. The summed E-state index contributed by atoms with van der Waals surface area (Å²) in [6, 6.07) is 17.2. The topological polar surface area (TPSA) is 69.0 Å². The number of benzene rings is 3. The number of hydrogen-bond acceptors (Lipinski definition) is 5. The van der Waals surface area contributed by atoms with E-state index >= 15 is 0 Å². The van der Waals surface area contributed by atoms with Crippen molar-refractivity contribution in [3.8, 4) is 10.9 Å². The average Bonchev–Trinajstić information content (AvgIpc) is 3.39. The van der Waals surface area contributed by atoms with Crippen LogP contribution >= 0.6 is 22.9 Å². The number of methoxy groups -OCH3 is 1. The van der Waals surface area contributed by atoms with Gasteiger partial charge >= 0.3 is 0 Å². The molecule has 0 aliphatic rings. The summed E-state index contributed by atoms with van der Waals surface area (Å²) in [7, 11) is 1.56. The fraction of sp³-hybridized carbons (Fsp3) is 0.125. The quantitative estimate of drug-likeness (QED) is 0.347. The molecule has 0 unspecified atom stereocenters. The van der Waals surface area contributed by atoms with Crippen LogP contribution in [0.3, 0.4) is 0 Å². The maximum Gasteiger partial charge on any atom is 0.260 e. The standard InChI is InChI=1S/C24H19ClN4O2S/c1-13-8-9-18(25)22-21(13)27-24(32-22)29-20(10-14(2)28-29)26-23(30)17-11-15-6-4-5-7-16(15)12-19(17)31-3/h4-12H,1-3H3,(H,26,30). The molecule has 0 spiro atoms. The summed E-state index contributed by atoms with van der Waals surface area (Å²) in [4.78, 5) is 18.0.